The first kappa shape index (κ1) is 13.9. The van der Waals surface area contributed by atoms with E-state index in [1.807, 2.05) is 0 Å². The quantitative estimate of drug-likeness (QED) is 0.585. The molecule has 3 rings (SSSR count). The highest BCUT2D eigenvalue weighted by Gasteiger charge is 2.22. The van der Waals surface area contributed by atoms with Crippen molar-refractivity contribution in [3.8, 4) is 0 Å². The van der Waals surface area contributed by atoms with E-state index in [0.717, 1.165) is 0 Å². The van der Waals surface area contributed by atoms with Crippen molar-refractivity contribution in [2.75, 3.05) is 0 Å². The van der Waals surface area contributed by atoms with Gasteiger partial charge in [0.25, 0.3) is 5.56 Å². The monoisotopic (exact) mass is 299 g/mol. The Balaban J connectivity index is 2.06. The minimum absolute atomic E-state index is 0.0110. The van der Waals surface area contributed by atoms with Gasteiger partial charge in [-0.3, -0.25) is 19.6 Å². The van der Waals surface area contributed by atoms with Crippen LogP contribution >= 0.6 is 0 Å². The van der Waals surface area contributed by atoms with Crippen LogP contribution in [0.1, 0.15) is 17.2 Å². The number of aryl methyl sites for hydroxylation is 1. The first-order valence-electron chi connectivity index (χ1n) is 6.63. The van der Waals surface area contributed by atoms with E-state index in [2.05, 4.69) is 15.1 Å². The fourth-order valence-corrected chi connectivity index (χ4v) is 2.46. The summed E-state index contributed by atoms with van der Waals surface area (Å²) in [5, 5.41) is 15.7. The van der Waals surface area contributed by atoms with Crippen molar-refractivity contribution in [1.29, 1.82) is 0 Å². The third-order valence-corrected chi connectivity index (χ3v) is 3.49. The zero-order valence-electron chi connectivity index (χ0n) is 12.0. The molecular formula is C14H13N5O3. The Kier molecular flexibility index (Phi) is 3.21. The van der Waals surface area contributed by atoms with Crippen molar-refractivity contribution < 1.29 is 4.92 Å². The van der Waals surface area contributed by atoms with Crippen LogP contribution in [0.25, 0.3) is 10.9 Å². The summed E-state index contributed by atoms with van der Waals surface area (Å²) in [4.78, 5) is 29.6. The summed E-state index contributed by atoms with van der Waals surface area (Å²) >= 11 is 0. The molecule has 0 aliphatic rings. The van der Waals surface area contributed by atoms with Crippen molar-refractivity contribution in [2.24, 2.45) is 0 Å². The van der Waals surface area contributed by atoms with Gasteiger partial charge >= 0.3 is 5.69 Å². The largest absolute Gasteiger partial charge is 0.312 e. The summed E-state index contributed by atoms with van der Waals surface area (Å²) < 4.78 is 1.47. The highest BCUT2D eigenvalue weighted by Crippen LogP contribution is 2.22. The van der Waals surface area contributed by atoms with E-state index >= 15 is 0 Å². The van der Waals surface area contributed by atoms with Crippen molar-refractivity contribution in [2.45, 2.75) is 20.4 Å². The number of aromatic amines is 1. The Bertz CT molecular complexity index is 941. The molecule has 0 aliphatic heterocycles. The third-order valence-electron chi connectivity index (χ3n) is 3.49. The summed E-state index contributed by atoms with van der Waals surface area (Å²) in [5.41, 5.74) is 1.10. The van der Waals surface area contributed by atoms with Gasteiger partial charge in [-0.1, -0.05) is 12.1 Å². The lowest BCUT2D eigenvalue weighted by Gasteiger charge is -2.04. The number of aromatic nitrogens is 4. The first-order valence-corrected chi connectivity index (χ1v) is 6.63. The smallest absolute Gasteiger partial charge is 0.308 e. The molecule has 0 bridgehead atoms. The molecule has 0 amide bonds. The van der Waals surface area contributed by atoms with Gasteiger partial charge in [0.15, 0.2) is 0 Å². The van der Waals surface area contributed by atoms with Crippen LogP contribution in [0.2, 0.25) is 0 Å². The van der Waals surface area contributed by atoms with Crippen LogP contribution in [0.4, 0.5) is 5.69 Å². The molecule has 8 nitrogen and oxygen atoms in total. The molecule has 0 radical (unpaired) electrons. The fraction of sp³-hybridized carbons (Fsp3) is 0.214. The normalized spacial score (nSPS) is 11.0. The van der Waals surface area contributed by atoms with Gasteiger partial charge in [-0.05, 0) is 26.0 Å². The Morgan fingerprint density at radius 3 is 2.73 bits per heavy atom. The topological polar surface area (TPSA) is 107 Å². The highest BCUT2D eigenvalue weighted by atomic mass is 16.6. The van der Waals surface area contributed by atoms with Gasteiger partial charge in [0, 0.05) is 0 Å². The Labute approximate surface area is 124 Å². The molecule has 1 N–H and O–H groups in total. The maximum absolute atomic E-state index is 12.0. The maximum atomic E-state index is 12.0. The summed E-state index contributed by atoms with van der Waals surface area (Å²) in [6, 6.07) is 7.01. The standard InChI is InChI=1S/C14H13N5O3/c1-8-13(19(21)22)9(2)18(17-8)7-12-15-11-6-4-3-5-10(11)14(20)16-12/h3-6H,7H2,1-2H3,(H,15,16,20). The molecule has 0 saturated carbocycles. The number of nitro groups is 1. The SMILES string of the molecule is Cc1nn(Cc2nc3ccccc3c(=O)[nH]2)c(C)c1[N+](=O)[O-]. The summed E-state index contributed by atoms with van der Waals surface area (Å²) in [6.45, 7) is 3.37. The van der Waals surface area contributed by atoms with Gasteiger partial charge in [0.1, 0.15) is 17.2 Å². The molecule has 8 heteroatoms. The minimum atomic E-state index is -0.454. The van der Waals surface area contributed by atoms with Gasteiger partial charge in [-0.25, -0.2) is 4.98 Å². The number of nitrogens with one attached hydrogen (secondary N) is 1. The van der Waals surface area contributed by atoms with Crippen LogP contribution < -0.4 is 5.56 Å². The number of rotatable bonds is 3. The number of H-pyrrole nitrogens is 1. The van der Waals surface area contributed by atoms with Gasteiger partial charge in [0.05, 0.1) is 22.4 Å². The predicted octanol–water partition coefficient (Wildman–Crippen LogP) is 1.69. The van der Waals surface area contributed by atoms with E-state index in [4.69, 9.17) is 0 Å². The molecule has 0 saturated heterocycles. The molecule has 0 unspecified atom stereocenters. The van der Waals surface area contributed by atoms with Crippen LogP contribution in [0.3, 0.4) is 0 Å². The Morgan fingerprint density at radius 1 is 1.32 bits per heavy atom. The van der Waals surface area contributed by atoms with Crippen molar-refractivity contribution in [3.63, 3.8) is 0 Å². The van der Waals surface area contributed by atoms with Gasteiger partial charge in [0.2, 0.25) is 0 Å². The number of para-hydroxylation sites is 1. The molecule has 22 heavy (non-hydrogen) atoms. The number of nitrogens with zero attached hydrogens (tertiary/aromatic N) is 4. The lowest BCUT2D eigenvalue weighted by atomic mass is 10.2. The number of hydrogen-bond acceptors (Lipinski definition) is 5. The van der Waals surface area contributed by atoms with Crippen LogP contribution in [0.5, 0.6) is 0 Å². The second kappa shape index (κ2) is 5.06. The molecule has 1 aromatic carbocycles. The summed E-state index contributed by atoms with van der Waals surface area (Å²) in [5.74, 6) is 0.407. The van der Waals surface area contributed by atoms with Crippen LogP contribution in [0, 0.1) is 24.0 Å². The molecule has 3 aromatic rings. The van der Waals surface area contributed by atoms with Crippen LogP contribution in [-0.2, 0) is 6.54 Å². The zero-order chi connectivity index (χ0) is 15.9. The van der Waals surface area contributed by atoms with E-state index < -0.39 is 4.92 Å². The molecule has 0 spiro atoms. The average Bonchev–Trinajstić information content (AvgIpc) is 2.73. The highest BCUT2D eigenvalue weighted by molar-refractivity contribution is 5.77. The maximum Gasteiger partial charge on any atom is 0.312 e. The molecular weight excluding hydrogens is 286 g/mol. The minimum Gasteiger partial charge on any atom is -0.308 e. The number of hydrogen-bond donors (Lipinski definition) is 1. The van der Waals surface area contributed by atoms with Gasteiger partial charge < -0.3 is 4.98 Å². The van der Waals surface area contributed by atoms with Gasteiger partial charge in [-0.2, -0.15) is 5.10 Å². The Morgan fingerprint density at radius 2 is 2.05 bits per heavy atom. The van der Waals surface area contributed by atoms with E-state index in [1.54, 1.807) is 38.1 Å². The lowest BCUT2D eigenvalue weighted by Crippen LogP contribution is -2.15. The van der Waals surface area contributed by atoms with Crippen molar-refractivity contribution in [1.82, 2.24) is 19.7 Å². The lowest BCUT2D eigenvalue weighted by molar-refractivity contribution is -0.386. The number of fused-ring (bicyclic) bond motifs is 1. The first-order chi connectivity index (χ1) is 10.5. The van der Waals surface area contributed by atoms with E-state index in [1.165, 1.54) is 4.68 Å². The molecule has 2 heterocycles. The zero-order valence-corrected chi connectivity index (χ0v) is 12.0. The fourth-order valence-electron chi connectivity index (χ4n) is 2.46. The van der Waals surface area contributed by atoms with Crippen LogP contribution in [0.15, 0.2) is 29.1 Å². The van der Waals surface area contributed by atoms with Crippen LogP contribution in [-0.4, -0.2) is 24.7 Å². The van der Waals surface area contributed by atoms with E-state index in [0.29, 0.717) is 28.1 Å². The number of benzene rings is 1. The van der Waals surface area contributed by atoms with Crippen molar-refractivity contribution >= 4 is 16.6 Å². The van der Waals surface area contributed by atoms with Gasteiger partial charge in [-0.15, -0.1) is 0 Å². The van der Waals surface area contributed by atoms with Crippen molar-refractivity contribution in [3.05, 3.63) is 61.9 Å². The van der Waals surface area contributed by atoms with E-state index in [9.17, 15) is 14.9 Å². The van der Waals surface area contributed by atoms with E-state index in [-0.39, 0.29) is 17.8 Å². The second-order valence-electron chi connectivity index (χ2n) is 4.96. The third kappa shape index (κ3) is 2.24. The summed E-state index contributed by atoms with van der Waals surface area (Å²) in [7, 11) is 0. The molecule has 2 aromatic heterocycles. The molecule has 0 atom stereocenters. The second-order valence-corrected chi connectivity index (χ2v) is 4.96. The summed E-state index contributed by atoms with van der Waals surface area (Å²) in [6.07, 6.45) is 0. The predicted molar refractivity (Wildman–Crippen MR) is 79.8 cm³/mol. The molecule has 0 aliphatic carbocycles. The molecule has 0 fully saturated rings. The molecule has 112 valence electrons. The Hall–Kier alpha value is -3.03. The average molecular weight is 299 g/mol.